The number of rotatable bonds is 7. The van der Waals surface area contributed by atoms with Gasteiger partial charge in [0.1, 0.15) is 5.75 Å². The van der Waals surface area contributed by atoms with Crippen LogP contribution >= 0.6 is 0 Å². The van der Waals surface area contributed by atoms with E-state index in [4.69, 9.17) is 4.74 Å². The number of carbonyl (C=O) groups is 1. The highest BCUT2D eigenvalue weighted by Crippen LogP contribution is 2.22. The first kappa shape index (κ1) is 18.4. The van der Waals surface area contributed by atoms with Crippen LogP contribution in [0.4, 0.5) is 5.69 Å². The SMILES string of the molecule is Cc1cccc(OCC(=O)NNS(=O)(=O)c2ccccc2[N+](=O)[O-])c1. The van der Waals surface area contributed by atoms with Gasteiger partial charge in [0.15, 0.2) is 11.5 Å². The van der Waals surface area contributed by atoms with E-state index in [2.05, 4.69) is 0 Å². The molecule has 132 valence electrons. The van der Waals surface area contributed by atoms with Crippen LogP contribution in [0.2, 0.25) is 0 Å². The molecule has 2 aromatic rings. The number of sulfonamides is 1. The third-order valence-electron chi connectivity index (χ3n) is 3.04. The Bertz CT molecular complexity index is 898. The molecule has 0 spiro atoms. The van der Waals surface area contributed by atoms with E-state index in [-0.39, 0.29) is 0 Å². The third-order valence-corrected chi connectivity index (χ3v) is 4.33. The van der Waals surface area contributed by atoms with Crippen molar-refractivity contribution >= 4 is 21.6 Å². The average Bonchev–Trinajstić information content (AvgIpc) is 2.58. The molecule has 9 nitrogen and oxygen atoms in total. The summed E-state index contributed by atoms with van der Waals surface area (Å²) in [5.74, 6) is -0.305. The van der Waals surface area contributed by atoms with Crippen molar-refractivity contribution in [1.29, 1.82) is 0 Å². The van der Waals surface area contributed by atoms with Gasteiger partial charge in [0.2, 0.25) is 0 Å². The lowest BCUT2D eigenvalue weighted by molar-refractivity contribution is -0.387. The molecular weight excluding hydrogens is 350 g/mol. The highest BCUT2D eigenvalue weighted by molar-refractivity contribution is 7.89. The first-order valence-corrected chi connectivity index (χ1v) is 8.51. The summed E-state index contributed by atoms with van der Waals surface area (Å²) < 4.78 is 29.4. The van der Waals surface area contributed by atoms with E-state index in [0.717, 1.165) is 17.7 Å². The van der Waals surface area contributed by atoms with Crippen molar-refractivity contribution in [1.82, 2.24) is 10.3 Å². The van der Waals surface area contributed by atoms with Gasteiger partial charge in [-0.05, 0) is 30.7 Å². The lowest BCUT2D eigenvalue weighted by Crippen LogP contribution is -2.43. The summed E-state index contributed by atoms with van der Waals surface area (Å²) in [5, 5.41) is 10.9. The van der Waals surface area contributed by atoms with Crippen LogP contribution in [0.1, 0.15) is 5.56 Å². The number of nitrogens with zero attached hydrogens (tertiary/aromatic N) is 1. The summed E-state index contributed by atoms with van der Waals surface area (Å²) in [6.07, 6.45) is 0. The van der Waals surface area contributed by atoms with Crippen molar-refractivity contribution < 1.29 is 22.9 Å². The fourth-order valence-corrected chi connectivity index (χ4v) is 2.94. The van der Waals surface area contributed by atoms with Gasteiger partial charge in [-0.3, -0.25) is 20.3 Å². The lowest BCUT2D eigenvalue weighted by Gasteiger charge is -2.10. The molecule has 2 aromatic carbocycles. The van der Waals surface area contributed by atoms with Crippen molar-refractivity contribution in [3.63, 3.8) is 0 Å². The molecule has 25 heavy (non-hydrogen) atoms. The van der Waals surface area contributed by atoms with Crippen molar-refractivity contribution in [2.24, 2.45) is 0 Å². The monoisotopic (exact) mass is 365 g/mol. The molecule has 0 unspecified atom stereocenters. The lowest BCUT2D eigenvalue weighted by atomic mass is 10.2. The number of para-hydroxylation sites is 1. The Morgan fingerprint density at radius 2 is 1.92 bits per heavy atom. The molecule has 0 saturated heterocycles. The largest absolute Gasteiger partial charge is 0.484 e. The Hall–Kier alpha value is -2.98. The fourth-order valence-electron chi connectivity index (χ4n) is 1.90. The van der Waals surface area contributed by atoms with Gasteiger partial charge in [-0.1, -0.05) is 24.3 Å². The number of ether oxygens (including phenoxy) is 1. The number of nitrogens with one attached hydrogen (secondary N) is 2. The van der Waals surface area contributed by atoms with Crippen LogP contribution in [-0.2, 0) is 14.8 Å². The predicted molar refractivity (Wildman–Crippen MR) is 88.2 cm³/mol. The molecular formula is C15H15N3O6S. The summed E-state index contributed by atoms with van der Waals surface area (Å²) >= 11 is 0. The zero-order valence-electron chi connectivity index (χ0n) is 13.1. The molecule has 1 amide bonds. The van der Waals surface area contributed by atoms with Gasteiger partial charge in [-0.25, -0.2) is 8.42 Å². The summed E-state index contributed by atoms with van der Waals surface area (Å²) in [5.41, 5.74) is 2.29. The molecule has 0 heterocycles. The maximum Gasteiger partial charge on any atom is 0.289 e. The Morgan fingerprint density at radius 3 is 2.60 bits per heavy atom. The van der Waals surface area contributed by atoms with Crippen LogP contribution in [0.15, 0.2) is 53.4 Å². The maximum absolute atomic E-state index is 12.1. The number of aryl methyl sites for hydroxylation is 1. The molecule has 0 saturated carbocycles. The van der Waals surface area contributed by atoms with E-state index in [9.17, 15) is 23.3 Å². The summed E-state index contributed by atoms with van der Waals surface area (Å²) in [6.45, 7) is 1.43. The van der Waals surface area contributed by atoms with E-state index in [0.29, 0.717) is 5.75 Å². The zero-order chi connectivity index (χ0) is 18.4. The number of hydrogen-bond acceptors (Lipinski definition) is 6. The third kappa shape index (κ3) is 4.99. The molecule has 0 aliphatic heterocycles. The maximum atomic E-state index is 12.1. The van der Waals surface area contributed by atoms with Gasteiger partial charge >= 0.3 is 0 Å². The van der Waals surface area contributed by atoms with E-state index < -0.39 is 38.0 Å². The Labute approximate surface area is 143 Å². The number of amides is 1. The van der Waals surface area contributed by atoms with Gasteiger partial charge in [0.25, 0.3) is 21.6 Å². The van der Waals surface area contributed by atoms with E-state index in [1.54, 1.807) is 23.0 Å². The highest BCUT2D eigenvalue weighted by Gasteiger charge is 2.25. The number of nitro groups is 1. The second-order valence-electron chi connectivity index (χ2n) is 4.98. The molecule has 0 bridgehead atoms. The van der Waals surface area contributed by atoms with Crippen molar-refractivity contribution in [3.05, 3.63) is 64.2 Å². The second kappa shape index (κ2) is 7.73. The van der Waals surface area contributed by atoms with Crippen LogP contribution < -0.4 is 15.0 Å². The topological polar surface area (TPSA) is 128 Å². The minimum absolute atomic E-state index is 0.428. The van der Waals surface area contributed by atoms with Gasteiger partial charge in [0, 0.05) is 6.07 Å². The molecule has 0 radical (unpaired) electrons. The molecule has 2 rings (SSSR count). The van der Waals surface area contributed by atoms with E-state index in [1.165, 1.54) is 12.1 Å². The average molecular weight is 365 g/mol. The van der Waals surface area contributed by atoms with E-state index >= 15 is 0 Å². The fraction of sp³-hybridized carbons (Fsp3) is 0.133. The summed E-state index contributed by atoms with van der Waals surface area (Å²) in [4.78, 5) is 23.0. The number of hydrogen-bond donors (Lipinski definition) is 2. The van der Waals surface area contributed by atoms with Gasteiger partial charge in [-0.2, -0.15) is 0 Å². The van der Waals surface area contributed by atoms with Crippen molar-refractivity contribution in [2.75, 3.05) is 6.61 Å². The summed E-state index contributed by atoms with van der Waals surface area (Å²) in [6, 6.07) is 11.8. The number of nitro benzene ring substituents is 1. The summed E-state index contributed by atoms with van der Waals surface area (Å²) in [7, 11) is -4.30. The van der Waals surface area contributed by atoms with Crippen molar-refractivity contribution in [3.8, 4) is 5.75 Å². The quantitative estimate of drug-likeness (QED) is 0.562. The minimum Gasteiger partial charge on any atom is -0.484 e. The molecule has 10 heteroatoms. The van der Waals surface area contributed by atoms with E-state index in [1.807, 2.05) is 18.4 Å². The van der Waals surface area contributed by atoms with Gasteiger partial charge in [-0.15, -0.1) is 4.83 Å². The molecule has 0 aromatic heterocycles. The van der Waals surface area contributed by atoms with Crippen LogP contribution in [0, 0.1) is 17.0 Å². The Morgan fingerprint density at radius 1 is 1.20 bits per heavy atom. The molecule has 0 fully saturated rings. The molecule has 0 aliphatic carbocycles. The molecule has 2 N–H and O–H groups in total. The van der Waals surface area contributed by atoms with Crippen LogP contribution in [0.3, 0.4) is 0 Å². The van der Waals surface area contributed by atoms with Crippen LogP contribution in [0.25, 0.3) is 0 Å². The smallest absolute Gasteiger partial charge is 0.289 e. The normalized spacial score (nSPS) is 10.9. The molecule has 0 aliphatic rings. The molecule has 0 atom stereocenters. The first-order valence-electron chi connectivity index (χ1n) is 7.03. The Kier molecular flexibility index (Phi) is 5.67. The Balaban J connectivity index is 1.98. The first-order chi connectivity index (χ1) is 11.8. The van der Waals surface area contributed by atoms with Crippen LogP contribution in [0.5, 0.6) is 5.75 Å². The van der Waals surface area contributed by atoms with Gasteiger partial charge in [0.05, 0.1) is 4.92 Å². The number of benzene rings is 2. The van der Waals surface area contributed by atoms with Gasteiger partial charge < -0.3 is 4.74 Å². The predicted octanol–water partition coefficient (Wildman–Crippen LogP) is 1.29. The minimum atomic E-state index is -4.30. The van der Waals surface area contributed by atoms with Crippen LogP contribution in [-0.4, -0.2) is 25.9 Å². The number of hydrazine groups is 1. The second-order valence-corrected chi connectivity index (χ2v) is 6.63. The van der Waals surface area contributed by atoms with Crippen molar-refractivity contribution in [2.45, 2.75) is 11.8 Å². The standard InChI is InChI=1S/C15H15N3O6S/c1-11-5-4-6-12(9-11)24-10-15(19)16-17-25(22,23)14-8-3-2-7-13(14)18(20)21/h2-9,17H,10H2,1H3,(H,16,19). The number of carbonyl (C=O) groups excluding carboxylic acids is 1. The zero-order valence-corrected chi connectivity index (χ0v) is 13.9. The highest BCUT2D eigenvalue weighted by atomic mass is 32.2.